The van der Waals surface area contributed by atoms with E-state index >= 15 is 0 Å². The van der Waals surface area contributed by atoms with Crippen molar-refractivity contribution < 1.29 is 28.8 Å². The number of aromatic hydroxyl groups is 1. The van der Waals surface area contributed by atoms with Crippen LogP contribution in [-0.2, 0) is 25.7 Å². The van der Waals surface area contributed by atoms with Crippen molar-refractivity contribution in [2.45, 2.75) is 37.8 Å². The van der Waals surface area contributed by atoms with E-state index in [1.807, 2.05) is 24.3 Å². The first-order chi connectivity index (χ1) is 21.9. The second-order valence-corrected chi connectivity index (χ2v) is 12.3. The molecule has 3 heterocycles. The van der Waals surface area contributed by atoms with E-state index < -0.39 is 0 Å². The average molecular weight is 609 g/mol. The maximum atomic E-state index is 10.8. The van der Waals surface area contributed by atoms with Crippen molar-refractivity contribution in [1.82, 2.24) is 9.80 Å². The van der Waals surface area contributed by atoms with Crippen LogP contribution in [0.25, 0.3) is 0 Å². The van der Waals surface area contributed by atoms with E-state index in [4.69, 9.17) is 23.7 Å². The second kappa shape index (κ2) is 11.8. The van der Waals surface area contributed by atoms with Crippen LogP contribution in [0.2, 0.25) is 0 Å². The third kappa shape index (κ3) is 5.32. The van der Waals surface area contributed by atoms with Crippen molar-refractivity contribution in [3.8, 4) is 46.0 Å². The Bertz CT molecular complexity index is 1750. The van der Waals surface area contributed by atoms with Gasteiger partial charge in [-0.25, -0.2) is 0 Å². The normalized spacial score (nSPS) is 19.4. The Balaban J connectivity index is 1.48. The maximum Gasteiger partial charge on any atom is 0.204 e. The molecule has 0 fully saturated rings. The van der Waals surface area contributed by atoms with Gasteiger partial charge in [-0.05, 0) is 110 Å². The lowest BCUT2D eigenvalue weighted by Gasteiger charge is -2.37. The van der Waals surface area contributed by atoms with E-state index in [2.05, 4.69) is 54.2 Å². The second-order valence-electron chi connectivity index (χ2n) is 12.3. The van der Waals surface area contributed by atoms with E-state index in [1.54, 1.807) is 27.4 Å². The summed E-state index contributed by atoms with van der Waals surface area (Å²) in [4.78, 5) is 4.75. The van der Waals surface area contributed by atoms with Gasteiger partial charge in [0, 0.05) is 30.7 Å². The molecule has 4 aromatic rings. The summed E-state index contributed by atoms with van der Waals surface area (Å²) in [5, 5.41) is 10.8. The molecule has 7 rings (SSSR count). The van der Waals surface area contributed by atoms with Crippen LogP contribution in [0.3, 0.4) is 0 Å². The standard InChI is InChI=1S/C37H40N2O6/c1-38-13-11-24-19-32(41-3)33-21-27(24)28(38)16-23-9-10-30(40)31(18-23)44-26-8-6-7-22(15-26)17-29-35-25(12-14-39(29)2)20-34(42-4)36(43-5)37(35)45-33/h6-10,15,18-21,28-29,40H,11-14,16-17H2,1-5H3/t28-,29+/m0/s1. The molecule has 3 aliphatic heterocycles. The minimum absolute atomic E-state index is 0.00581. The number of hydrogen-bond donors (Lipinski definition) is 1. The molecule has 4 aromatic carbocycles. The van der Waals surface area contributed by atoms with E-state index in [9.17, 15) is 5.11 Å². The molecule has 8 nitrogen and oxygen atoms in total. The fourth-order valence-corrected chi connectivity index (χ4v) is 7.16. The van der Waals surface area contributed by atoms with Crippen LogP contribution < -0.4 is 23.7 Å². The predicted octanol–water partition coefficient (Wildman–Crippen LogP) is 6.86. The van der Waals surface area contributed by atoms with Gasteiger partial charge < -0.3 is 28.8 Å². The molecule has 2 atom stereocenters. The highest BCUT2D eigenvalue weighted by atomic mass is 16.5. The Labute approximate surface area is 264 Å². The Hall–Kier alpha value is -4.40. The Morgan fingerprint density at radius 1 is 0.711 bits per heavy atom. The highest BCUT2D eigenvalue weighted by Crippen LogP contribution is 2.52. The molecule has 0 amide bonds. The lowest BCUT2D eigenvalue weighted by atomic mass is 9.87. The molecule has 0 aliphatic carbocycles. The Morgan fingerprint density at radius 2 is 1.42 bits per heavy atom. The van der Waals surface area contributed by atoms with Gasteiger partial charge in [0.25, 0.3) is 0 Å². The fraction of sp³-hybridized carbons (Fsp3) is 0.351. The zero-order valence-corrected chi connectivity index (χ0v) is 26.6. The van der Waals surface area contributed by atoms with Gasteiger partial charge in [-0.2, -0.15) is 0 Å². The van der Waals surface area contributed by atoms with Crippen LogP contribution in [0.1, 0.15) is 45.5 Å². The number of rotatable bonds is 3. The molecule has 3 aliphatic rings. The quantitative estimate of drug-likeness (QED) is 0.271. The first-order valence-corrected chi connectivity index (χ1v) is 15.5. The van der Waals surface area contributed by atoms with E-state index in [-0.39, 0.29) is 17.8 Å². The highest BCUT2D eigenvalue weighted by molar-refractivity contribution is 5.63. The SMILES string of the molecule is COc1cc2c3cc1Oc1c(OC)c(OC)cc4c1[C@@H](Cc1cccc(c1)Oc1cc(ccc1O)C[C@@H]3N(C)CC2)N(C)CC4. The molecule has 234 valence electrons. The van der Waals surface area contributed by atoms with Gasteiger partial charge in [-0.1, -0.05) is 18.2 Å². The monoisotopic (exact) mass is 608 g/mol. The molecular formula is C37H40N2O6. The molecule has 0 unspecified atom stereocenters. The Kier molecular flexibility index (Phi) is 7.71. The van der Waals surface area contributed by atoms with Gasteiger partial charge in [0.05, 0.1) is 21.3 Å². The minimum Gasteiger partial charge on any atom is -0.504 e. The molecule has 0 radical (unpaired) electrons. The number of ether oxygens (including phenoxy) is 5. The van der Waals surface area contributed by atoms with E-state index in [1.165, 1.54) is 16.7 Å². The summed E-state index contributed by atoms with van der Waals surface area (Å²) >= 11 is 0. The fourth-order valence-electron chi connectivity index (χ4n) is 7.16. The van der Waals surface area contributed by atoms with E-state index in [0.29, 0.717) is 46.7 Å². The number of phenolic OH excluding ortho intramolecular Hbond substituents is 1. The smallest absolute Gasteiger partial charge is 0.204 e. The first kappa shape index (κ1) is 29.3. The number of benzene rings is 4. The molecule has 6 bridgehead atoms. The summed E-state index contributed by atoms with van der Waals surface area (Å²) in [5.41, 5.74) is 6.86. The largest absolute Gasteiger partial charge is 0.504 e. The molecule has 0 saturated heterocycles. The summed E-state index contributed by atoms with van der Waals surface area (Å²) in [6.45, 7) is 1.81. The van der Waals surface area contributed by atoms with Gasteiger partial charge in [-0.3, -0.25) is 9.80 Å². The van der Waals surface area contributed by atoms with Crippen LogP contribution in [0.15, 0.2) is 60.7 Å². The topological polar surface area (TPSA) is 72.9 Å². The molecule has 0 saturated carbocycles. The third-order valence-electron chi connectivity index (χ3n) is 9.62. The molecular weight excluding hydrogens is 568 g/mol. The minimum atomic E-state index is -0.00581. The molecule has 1 N–H and O–H groups in total. The average Bonchev–Trinajstić information content (AvgIpc) is 3.04. The van der Waals surface area contributed by atoms with Gasteiger partial charge in [0.15, 0.2) is 34.5 Å². The third-order valence-corrected chi connectivity index (χ3v) is 9.62. The number of nitrogens with zero attached hydrogens (tertiary/aromatic N) is 2. The van der Waals surface area contributed by atoms with Gasteiger partial charge in [-0.15, -0.1) is 0 Å². The van der Waals surface area contributed by atoms with Crippen LogP contribution in [0, 0.1) is 0 Å². The molecule has 0 spiro atoms. The van der Waals surface area contributed by atoms with Crippen molar-refractivity contribution in [3.05, 3.63) is 94.0 Å². The number of phenols is 1. The van der Waals surface area contributed by atoms with Crippen LogP contribution in [0.5, 0.6) is 46.0 Å². The Morgan fingerprint density at radius 3 is 2.20 bits per heavy atom. The van der Waals surface area contributed by atoms with Gasteiger partial charge >= 0.3 is 0 Å². The summed E-state index contributed by atoms with van der Waals surface area (Å²) < 4.78 is 31.2. The zero-order valence-electron chi connectivity index (χ0n) is 26.6. The summed E-state index contributed by atoms with van der Waals surface area (Å²) in [7, 11) is 9.33. The maximum absolute atomic E-state index is 10.8. The molecule has 8 heteroatoms. The van der Waals surface area contributed by atoms with E-state index in [0.717, 1.165) is 49.0 Å². The van der Waals surface area contributed by atoms with Crippen molar-refractivity contribution in [3.63, 3.8) is 0 Å². The van der Waals surface area contributed by atoms with Crippen molar-refractivity contribution in [2.24, 2.45) is 0 Å². The predicted molar refractivity (Wildman–Crippen MR) is 173 cm³/mol. The summed E-state index contributed by atoms with van der Waals surface area (Å²) in [6, 6.07) is 20.2. The van der Waals surface area contributed by atoms with Crippen LogP contribution >= 0.6 is 0 Å². The summed E-state index contributed by atoms with van der Waals surface area (Å²) in [6.07, 6.45) is 3.21. The lowest BCUT2D eigenvalue weighted by Crippen LogP contribution is -2.34. The zero-order chi connectivity index (χ0) is 31.2. The molecule has 0 aromatic heterocycles. The highest BCUT2D eigenvalue weighted by Gasteiger charge is 2.34. The number of likely N-dealkylation sites (N-methyl/N-ethyl adjacent to an activating group) is 2. The van der Waals surface area contributed by atoms with Gasteiger partial charge in [0.2, 0.25) is 5.75 Å². The number of methoxy groups -OCH3 is 3. The number of fused-ring (bicyclic) bond motifs is 5. The van der Waals surface area contributed by atoms with Crippen LogP contribution in [0.4, 0.5) is 0 Å². The molecule has 45 heavy (non-hydrogen) atoms. The van der Waals surface area contributed by atoms with Crippen LogP contribution in [-0.4, -0.2) is 63.4 Å². The number of hydrogen-bond acceptors (Lipinski definition) is 8. The van der Waals surface area contributed by atoms with Crippen molar-refractivity contribution >= 4 is 0 Å². The van der Waals surface area contributed by atoms with Crippen molar-refractivity contribution in [1.29, 1.82) is 0 Å². The van der Waals surface area contributed by atoms with Crippen molar-refractivity contribution in [2.75, 3.05) is 48.5 Å². The lowest BCUT2D eigenvalue weighted by molar-refractivity contribution is 0.220. The summed E-state index contributed by atoms with van der Waals surface area (Å²) in [5.74, 6) is 4.42. The first-order valence-electron chi connectivity index (χ1n) is 15.5. The van der Waals surface area contributed by atoms with Gasteiger partial charge in [0.1, 0.15) is 5.75 Å².